The van der Waals surface area contributed by atoms with Gasteiger partial charge in [0, 0.05) is 5.69 Å². The Morgan fingerprint density at radius 2 is 1.17 bits per heavy atom. The number of nitrogens with one attached hydrogen (secondary N) is 1. The summed E-state index contributed by atoms with van der Waals surface area (Å²) < 4.78 is 30.6. The van der Waals surface area contributed by atoms with E-state index in [1.165, 1.54) is 0 Å². The number of rotatable bonds is 13. The number of hydrogen-bond acceptors (Lipinski definition) is 7. The van der Waals surface area contributed by atoms with Crippen molar-refractivity contribution in [2.24, 2.45) is 0 Å². The largest absolute Gasteiger partial charge is 0.497 e. The van der Waals surface area contributed by atoms with Crippen LogP contribution >= 0.6 is 0 Å². The molecule has 214 valence electrons. The maximum absolute atomic E-state index is 11.3. The first-order valence-corrected chi connectivity index (χ1v) is 13.9. The average Bonchev–Trinajstić information content (AvgIpc) is 3.02. The Morgan fingerprint density at radius 3 is 1.71 bits per heavy atom. The highest BCUT2D eigenvalue weighted by Gasteiger charge is 2.47. The molecule has 1 saturated heterocycles. The third kappa shape index (κ3) is 8.16. The van der Waals surface area contributed by atoms with Gasteiger partial charge in [0.05, 0.1) is 33.5 Å². The Balaban J connectivity index is 1.39. The Morgan fingerprint density at radius 1 is 0.659 bits per heavy atom. The maximum atomic E-state index is 11.3. The SMILES string of the molecule is COc1ccc(N[C@@H]2[C@@H](OCc3ccccc3)[C@H](OCc3ccccc3)[C@@H](COCc3ccccc3)O[C@H]2O)cc1. The summed E-state index contributed by atoms with van der Waals surface area (Å²) in [7, 11) is 1.63. The van der Waals surface area contributed by atoms with Crippen molar-refractivity contribution in [3.63, 3.8) is 0 Å². The van der Waals surface area contributed by atoms with Crippen molar-refractivity contribution in [1.29, 1.82) is 0 Å². The Labute approximate surface area is 241 Å². The highest BCUT2D eigenvalue weighted by molar-refractivity contribution is 5.47. The minimum atomic E-state index is -1.17. The predicted molar refractivity (Wildman–Crippen MR) is 157 cm³/mol. The number of aliphatic hydroxyl groups is 1. The summed E-state index contributed by atoms with van der Waals surface area (Å²) in [5.74, 6) is 0.743. The second kappa shape index (κ2) is 14.8. The van der Waals surface area contributed by atoms with Crippen LogP contribution < -0.4 is 10.1 Å². The molecule has 0 aromatic heterocycles. The van der Waals surface area contributed by atoms with E-state index in [9.17, 15) is 5.11 Å². The molecule has 0 radical (unpaired) electrons. The molecule has 7 heteroatoms. The van der Waals surface area contributed by atoms with E-state index >= 15 is 0 Å². The fraction of sp³-hybridized carbons (Fsp3) is 0.294. The van der Waals surface area contributed by atoms with E-state index in [0.717, 1.165) is 28.1 Å². The highest BCUT2D eigenvalue weighted by Crippen LogP contribution is 2.30. The van der Waals surface area contributed by atoms with Crippen molar-refractivity contribution in [1.82, 2.24) is 0 Å². The lowest BCUT2D eigenvalue weighted by Crippen LogP contribution is -2.62. The van der Waals surface area contributed by atoms with E-state index in [2.05, 4.69) is 5.32 Å². The van der Waals surface area contributed by atoms with Gasteiger partial charge in [0.2, 0.25) is 0 Å². The number of anilines is 1. The highest BCUT2D eigenvalue weighted by atomic mass is 16.7. The predicted octanol–water partition coefficient (Wildman–Crippen LogP) is 5.58. The van der Waals surface area contributed by atoms with Crippen molar-refractivity contribution >= 4 is 5.69 Å². The van der Waals surface area contributed by atoms with E-state index < -0.39 is 30.6 Å². The van der Waals surface area contributed by atoms with Gasteiger partial charge in [-0.1, -0.05) is 91.0 Å². The lowest BCUT2D eigenvalue weighted by Gasteiger charge is -2.45. The molecule has 2 N–H and O–H groups in total. The van der Waals surface area contributed by atoms with Crippen molar-refractivity contribution in [2.75, 3.05) is 19.0 Å². The van der Waals surface area contributed by atoms with Crippen molar-refractivity contribution < 1.29 is 28.8 Å². The van der Waals surface area contributed by atoms with Gasteiger partial charge >= 0.3 is 0 Å². The zero-order valence-corrected chi connectivity index (χ0v) is 23.2. The van der Waals surface area contributed by atoms with Gasteiger partial charge in [-0.15, -0.1) is 0 Å². The van der Waals surface area contributed by atoms with Crippen LogP contribution in [0.1, 0.15) is 16.7 Å². The molecule has 0 bridgehead atoms. The Hall–Kier alpha value is -3.72. The maximum Gasteiger partial charge on any atom is 0.178 e. The fourth-order valence-corrected chi connectivity index (χ4v) is 4.89. The van der Waals surface area contributed by atoms with Crippen molar-refractivity contribution in [2.45, 2.75) is 50.5 Å². The molecule has 0 saturated carbocycles. The van der Waals surface area contributed by atoms with Gasteiger partial charge in [0.25, 0.3) is 0 Å². The second-order valence-electron chi connectivity index (χ2n) is 9.99. The summed E-state index contributed by atoms with van der Waals surface area (Å²) in [5, 5.41) is 14.7. The minimum absolute atomic E-state index is 0.228. The third-order valence-electron chi connectivity index (χ3n) is 7.05. The van der Waals surface area contributed by atoms with Gasteiger partial charge < -0.3 is 34.1 Å². The minimum Gasteiger partial charge on any atom is -0.497 e. The molecule has 41 heavy (non-hydrogen) atoms. The van der Waals surface area contributed by atoms with Crippen LogP contribution in [-0.4, -0.2) is 49.5 Å². The number of aliphatic hydroxyl groups excluding tert-OH is 1. The van der Waals surface area contributed by atoms with E-state index in [4.69, 9.17) is 23.7 Å². The van der Waals surface area contributed by atoms with Crippen LogP contribution in [-0.2, 0) is 38.8 Å². The summed E-state index contributed by atoms with van der Waals surface area (Å²) in [6.45, 7) is 1.36. The van der Waals surface area contributed by atoms with Crippen LogP contribution in [0.2, 0.25) is 0 Å². The standard InChI is InChI=1S/C34H37NO6/c1-37-29-19-17-28(18-20-29)35-31-33(40-23-27-15-9-4-10-16-27)32(39-22-26-13-7-3-8-14-26)30(41-34(31)36)24-38-21-25-11-5-2-6-12-25/h2-20,30-36H,21-24H2,1H3/t30-,31-,32-,33-,34-/m1/s1. The molecule has 0 spiro atoms. The van der Waals surface area contributed by atoms with Crippen LogP contribution in [0.25, 0.3) is 0 Å². The molecule has 0 unspecified atom stereocenters. The molecule has 4 aromatic rings. The molecule has 1 fully saturated rings. The average molecular weight is 556 g/mol. The molecule has 7 nitrogen and oxygen atoms in total. The first-order valence-electron chi connectivity index (χ1n) is 13.9. The monoisotopic (exact) mass is 555 g/mol. The van der Waals surface area contributed by atoms with Crippen LogP contribution in [0, 0.1) is 0 Å². The molecule has 5 rings (SSSR count). The van der Waals surface area contributed by atoms with Gasteiger partial charge in [-0.3, -0.25) is 0 Å². The first kappa shape index (κ1) is 28.8. The topological polar surface area (TPSA) is 78.4 Å². The van der Waals surface area contributed by atoms with Gasteiger partial charge in [0.1, 0.15) is 30.1 Å². The van der Waals surface area contributed by atoms with Crippen LogP contribution in [0.15, 0.2) is 115 Å². The summed E-state index contributed by atoms with van der Waals surface area (Å²) in [4.78, 5) is 0. The molecular weight excluding hydrogens is 518 g/mol. The quantitative estimate of drug-likeness (QED) is 0.223. The number of hydrogen-bond donors (Lipinski definition) is 2. The molecule has 4 aromatic carbocycles. The fourth-order valence-electron chi connectivity index (χ4n) is 4.89. The molecule has 0 amide bonds. The smallest absolute Gasteiger partial charge is 0.178 e. The third-order valence-corrected chi connectivity index (χ3v) is 7.05. The van der Waals surface area contributed by atoms with Crippen molar-refractivity contribution in [3.8, 4) is 5.75 Å². The zero-order chi connectivity index (χ0) is 28.3. The van der Waals surface area contributed by atoms with E-state index in [1.54, 1.807) is 7.11 Å². The summed E-state index contributed by atoms with van der Waals surface area (Å²) >= 11 is 0. The van der Waals surface area contributed by atoms with Gasteiger partial charge in [-0.05, 0) is 41.0 Å². The first-order chi connectivity index (χ1) is 20.2. The Kier molecular flexibility index (Phi) is 10.4. The van der Waals surface area contributed by atoms with Gasteiger partial charge in [-0.25, -0.2) is 0 Å². The molecular formula is C34H37NO6. The normalized spacial score (nSPS) is 22.2. The lowest BCUT2D eigenvalue weighted by molar-refractivity contribution is -0.270. The number of ether oxygens (including phenoxy) is 5. The summed E-state index contributed by atoms with van der Waals surface area (Å²) in [6.07, 6.45) is -2.82. The second-order valence-corrected chi connectivity index (χ2v) is 9.99. The molecule has 0 aliphatic carbocycles. The van der Waals surface area contributed by atoms with Gasteiger partial charge in [-0.2, -0.15) is 0 Å². The lowest BCUT2D eigenvalue weighted by atomic mass is 9.95. The van der Waals surface area contributed by atoms with Crippen LogP contribution in [0.3, 0.4) is 0 Å². The summed E-state index contributed by atoms with van der Waals surface area (Å²) in [6, 6.07) is 36.8. The number of benzene rings is 4. The van der Waals surface area contributed by atoms with E-state index in [1.807, 2.05) is 115 Å². The summed E-state index contributed by atoms with van der Waals surface area (Å²) in [5.41, 5.74) is 3.91. The zero-order valence-electron chi connectivity index (χ0n) is 23.2. The number of methoxy groups -OCH3 is 1. The van der Waals surface area contributed by atoms with Crippen LogP contribution in [0.5, 0.6) is 5.75 Å². The molecule has 1 aliphatic rings. The van der Waals surface area contributed by atoms with Crippen LogP contribution in [0.4, 0.5) is 5.69 Å². The molecule has 1 heterocycles. The van der Waals surface area contributed by atoms with E-state index in [-0.39, 0.29) is 6.61 Å². The molecule has 5 atom stereocenters. The van der Waals surface area contributed by atoms with Gasteiger partial charge in [0.15, 0.2) is 6.29 Å². The van der Waals surface area contributed by atoms with Crippen molar-refractivity contribution in [3.05, 3.63) is 132 Å². The van der Waals surface area contributed by atoms with E-state index in [0.29, 0.717) is 19.8 Å². The molecule has 1 aliphatic heterocycles. The Bertz CT molecular complexity index is 1290.